The second-order valence-electron chi connectivity index (χ2n) is 6.54. The van der Waals surface area contributed by atoms with Gasteiger partial charge in [0.1, 0.15) is 18.8 Å². The highest BCUT2D eigenvalue weighted by Gasteiger charge is 2.15. The number of carbonyl (C=O) groups is 3. The Bertz CT molecular complexity index is 439. The molecule has 0 saturated heterocycles. The lowest BCUT2D eigenvalue weighted by Crippen LogP contribution is -2.33. The van der Waals surface area contributed by atoms with Gasteiger partial charge in [0, 0.05) is 26.1 Å². The predicted molar refractivity (Wildman–Crippen MR) is 98.0 cm³/mol. The van der Waals surface area contributed by atoms with Gasteiger partial charge in [-0.2, -0.15) is 0 Å². The minimum absolute atomic E-state index is 0.123. The molecule has 0 bridgehead atoms. The van der Waals surface area contributed by atoms with Crippen LogP contribution in [0.4, 0.5) is 0 Å². The van der Waals surface area contributed by atoms with Crippen molar-refractivity contribution in [1.82, 2.24) is 10.6 Å². The van der Waals surface area contributed by atoms with Crippen molar-refractivity contribution in [3.63, 3.8) is 0 Å². The van der Waals surface area contributed by atoms with Gasteiger partial charge in [-0.05, 0) is 20.8 Å². The van der Waals surface area contributed by atoms with Crippen molar-refractivity contribution in [1.29, 1.82) is 0 Å². The van der Waals surface area contributed by atoms with Crippen LogP contribution in [0.5, 0.6) is 0 Å². The Balaban J connectivity index is 3.47. The second-order valence-corrected chi connectivity index (χ2v) is 6.54. The van der Waals surface area contributed by atoms with Crippen molar-refractivity contribution in [3.05, 3.63) is 0 Å². The second kappa shape index (κ2) is 15.3. The molecule has 0 aliphatic rings. The van der Waals surface area contributed by atoms with Crippen LogP contribution in [0.3, 0.4) is 0 Å². The first-order valence-electron chi connectivity index (χ1n) is 8.93. The number of hydrogen-bond acceptors (Lipinski definition) is 8. The standard InChI is InChI=1S/C17H33N3O7/c1-17(2,3)27-16(23)13-26-11-7-20-15(22)12-25-10-6-19-14(21)4-8-24-9-5-18/h4-13,18H2,1-3H3,(H,19,21)(H,20,22). The Kier molecular flexibility index (Phi) is 14.3. The quantitative estimate of drug-likeness (QED) is 0.238. The Hall–Kier alpha value is -1.75. The maximum atomic E-state index is 11.5. The minimum atomic E-state index is -0.552. The Labute approximate surface area is 160 Å². The average molecular weight is 391 g/mol. The van der Waals surface area contributed by atoms with E-state index in [0.717, 1.165) is 0 Å². The molecule has 2 amide bonds. The number of hydrogen-bond donors (Lipinski definition) is 3. The van der Waals surface area contributed by atoms with Crippen molar-refractivity contribution < 1.29 is 33.3 Å². The number of ether oxygens (including phenoxy) is 4. The number of rotatable bonds is 15. The van der Waals surface area contributed by atoms with Crippen molar-refractivity contribution >= 4 is 17.8 Å². The maximum Gasteiger partial charge on any atom is 0.332 e. The van der Waals surface area contributed by atoms with Gasteiger partial charge in [-0.25, -0.2) is 4.79 Å². The summed E-state index contributed by atoms with van der Waals surface area (Å²) in [6.07, 6.45) is 0.254. The summed E-state index contributed by atoms with van der Waals surface area (Å²) < 4.78 is 20.4. The normalized spacial score (nSPS) is 11.1. The van der Waals surface area contributed by atoms with Gasteiger partial charge in [-0.3, -0.25) is 9.59 Å². The molecular weight excluding hydrogens is 358 g/mol. The van der Waals surface area contributed by atoms with E-state index in [0.29, 0.717) is 26.3 Å². The van der Waals surface area contributed by atoms with E-state index in [1.54, 1.807) is 20.8 Å². The van der Waals surface area contributed by atoms with Crippen molar-refractivity contribution in [2.75, 3.05) is 59.3 Å². The van der Waals surface area contributed by atoms with E-state index >= 15 is 0 Å². The molecule has 10 heteroatoms. The van der Waals surface area contributed by atoms with E-state index in [2.05, 4.69) is 10.6 Å². The lowest BCUT2D eigenvalue weighted by Gasteiger charge is -2.19. The Morgan fingerprint density at radius 1 is 0.815 bits per heavy atom. The third-order valence-corrected chi connectivity index (χ3v) is 2.75. The molecule has 0 rings (SSSR count). The molecule has 0 aromatic heterocycles. The summed E-state index contributed by atoms with van der Waals surface area (Å²) in [7, 11) is 0. The van der Waals surface area contributed by atoms with Crippen molar-refractivity contribution in [2.24, 2.45) is 5.73 Å². The van der Waals surface area contributed by atoms with Crippen LogP contribution in [0.25, 0.3) is 0 Å². The van der Waals surface area contributed by atoms with Gasteiger partial charge in [0.05, 0.1) is 26.4 Å². The van der Waals surface area contributed by atoms with Gasteiger partial charge in [0.15, 0.2) is 0 Å². The van der Waals surface area contributed by atoms with E-state index < -0.39 is 11.6 Å². The summed E-state index contributed by atoms with van der Waals surface area (Å²) in [4.78, 5) is 34.4. The van der Waals surface area contributed by atoms with Crippen LogP contribution in [0.2, 0.25) is 0 Å². The van der Waals surface area contributed by atoms with Crippen LogP contribution >= 0.6 is 0 Å². The van der Waals surface area contributed by atoms with Crippen LogP contribution in [0.15, 0.2) is 0 Å². The molecule has 0 heterocycles. The fraction of sp³-hybridized carbons (Fsp3) is 0.824. The zero-order chi connectivity index (χ0) is 20.5. The van der Waals surface area contributed by atoms with Gasteiger partial charge in [0.2, 0.25) is 11.8 Å². The van der Waals surface area contributed by atoms with Crippen LogP contribution in [-0.4, -0.2) is 82.7 Å². The smallest absolute Gasteiger partial charge is 0.332 e. The number of esters is 1. The SMILES string of the molecule is CC(C)(C)OC(=O)COCCNC(=O)COCCNC(=O)CCOCCN. The van der Waals surface area contributed by atoms with Crippen molar-refractivity contribution in [3.8, 4) is 0 Å². The summed E-state index contributed by atoms with van der Waals surface area (Å²) >= 11 is 0. The molecule has 0 unspecified atom stereocenters. The number of amides is 2. The molecule has 0 aromatic rings. The van der Waals surface area contributed by atoms with Gasteiger partial charge >= 0.3 is 5.97 Å². The summed E-state index contributed by atoms with van der Waals surface area (Å²) in [6, 6.07) is 0. The lowest BCUT2D eigenvalue weighted by atomic mass is 10.2. The first-order chi connectivity index (χ1) is 12.7. The third-order valence-electron chi connectivity index (χ3n) is 2.75. The molecular formula is C17H33N3O7. The van der Waals surface area contributed by atoms with Crippen LogP contribution in [0.1, 0.15) is 27.2 Å². The summed E-state index contributed by atoms with van der Waals surface area (Å²) in [5.74, 6) is -0.912. The molecule has 0 aromatic carbocycles. The zero-order valence-corrected chi connectivity index (χ0v) is 16.5. The molecule has 0 fully saturated rings. The van der Waals surface area contributed by atoms with Gasteiger partial charge in [-0.15, -0.1) is 0 Å². The lowest BCUT2D eigenvalue weighted by molar-refractivity contribution is -0.160. The maximum absolute atomic E-state index is 11.5. The first-order valence-corrected chi connectivity index (χ1v) is 8.93. The Morgan fingerprint density at radius 3 is 2.00 bits per heavy atom. The molecule has 4 N–H and O–H groups in total. The highest BCUT2D eigenvalue weighted by molar-refractivity contribution is 5.77. The number of nitrogens with one attached hydrogen (secondary N) is 2. The van der Waals surface area contributed by atoms with E-state index in [-0.39, 0.29) is 51.2 Å². The van der Waals surface area contributed by atoms with E-state index in [1.807, 2.05) is 0 Å². The first kappa shape index (κ1) is 25.2. The largest absolute Gasteiger partial charge is 0.458 e. The van der Waals surface area contributed by atoms with Gasteiger partial charge in [0.25, 0.3) is 0 Å². The topological polar surface area (TPSA) is 138 Å². The highest BCUT2D eigenvalue weighted by atomic mass is 16.6. The third kappa shape index (κ3) is 18.8. The molecule has 10 nitrogen and oxygen atoms in total. The fourth-order valence-corrected chi connectivity index (χ4v) is 1.71. The monoisotopic (exact) mass is 391 g/mol. The molecule has 0 aliphatic heterocycles. The predicted octanol–water partition coefficient (Wildman–Crippen LogP) is -1.04. The molecule has 0 radical (unpaired) electrons. The van der Waals surface area contributed by atoms with Gasteiger partial charge in [-0.1, -0.05) is 0 Å². The molecule has 0 aliphatic carbocycles. The summed E-state index contributed by atoms with van der Waals surface area (Å²) in [5, 5.41) is 5.24. The van der Waals surface area contributed by atoms with E-state index in [4.69, 9.17) is 24.7 Å². The number of carbonyl (C=O) groups excluding carboxylic acids is 3. The Morgan fingerprint density at radius 2 is 1.41 bits per heavy atom. The fourth-order valence-electron chi connectivity index (χ4n) is 1.71. The van der Waals surface area contributed by atoms with Crippen molar-refractivity contribution in [2.45, 2.75) is 32.8 Å². The van der Waals surface area contributed by atoms with E-state index in [1.165, 1.54) is 0 Å². The molecule has 0 spiro atoms. The average Bonchev–Trinajstić information content (AvgIpc) is 2.56. The van der Waals surface area contributed by atoms with Crippen LogP contribution < -0.4 is 16.4 Å². The highest BCUT2D eigenvalue weighted by Crippen LogP contribution is 2.06. The van der Waals surface area contributed by atoms with E-state index in [9.17, 15) is 14.4 Å². The summed E-state index contributed by atoms with van der Waals surface area (Å²) in [5.41, 5.74) is 4.71. The van der Waals surface area contributed by atoms with Gasteiger partial charge < -0.3 is 35.3 Å². The number of nitrogens with two attached hydrogens (primary N) is 1. The molecule has 27 heavy (non-hydrogen) atoms. The molecule has 0 atom stereocenters. The molecule has 158 valence electrons. The zero-order valence-electron chi connectivity index (χ0n) is 16.5. The van der Waals surface area contributed by atoms with Crippen LogP contribution in [-0.2, 0) is 33.3 Å². The molecule has 0 saturated carbocycles. The summed E-state index contributed by atoms with van der Waals surface area (Å²) in [6.45, 7) is 7.17. The minimum Gasteiger partial charge on any atom is -0.458 e. The van der Waals surface area contributed by atoms with Crippen LogP contribution in [0, 0.1) is 0 Å².